The summed E-state index contributed by atoms with van der Waals surface area (Å²) in [4.78, 5) is 9.54. The minimum absolute atomic E-state index is 0.618. The van der Waals surface area contributed by atoms with Crippen molar-refractivity contribution in [2.45, 2.75) is 26.8 Å². The number of nitrogens with zero attached hydrogens (tertiary/aromatic N) is 3. The van der Waals surface area contributed by atoms with Gasteiger partial charge in [0.25, 0.3) is 0 Å². The van der Waals surface area contributed by atoms with Crippen LogP contribution < -0.4 is 10.5 Å². The third-order valence-electron chi connectivity index (χ3n) is 4.86. The SMILES string of the molecule is COc1cc(-c2nc(-c3cc(C)nc(C)c3)c3n2CCOCC3)ccc1N. The lowest BCUT2D eigenvalue weighted by molar-refractivity contribution is 0.140. The van der Waals surface area contributed by atoms with Crippen molar-refractivity contribution in [3.8, 4) is 28.4 Å². The summed E-state index contributed by atoms with van der Waals surface area (Å²) in [5.41, 5.74) is 12.9. The van der Waals surface area contributed by atoms with Crippen molar-refractivity contribution in [2.75, 3.05) is 26.1 Å². The van der Waals surface area contributed by atoms with Gasteiger partial charge in [-0.3, -0.25) is 4.98 Å². The van der Waals surface area contributed by atoms with E-state index in [4.69, 9.17) is 20.2 Å². The van der Waals surface area contributed by atoms with Crippen molar-refractivity contribution in [2.24, 2.45) is 0 Å². The maximum absolute atomic E-state index is 5.99. The van der Waals surface area contributed by atoms with Crippen LogP contribution in [-0.2, 0) is 17.7 Å². The molecule has 0 amide bonds. The summed E-state index contributed by atoms with van der Waals surface area (Å²) in [6.45, 7) is 6.18. The lowest BCUT2D eigenvalue weighted by Crippen LogP contribution is -2.06. The van der Waals surface area contributed by atoms with E-state index in [2.05, 4.69) is 21.7 Å². The number of methoxy groups -OCH3 is 1. The van der Waals surface area contributed by atoms with Crippen LogP contribution in [0.5, 0.6) is 5.75 Å². The Bertz CT molecular complexity index is 974. The molecule has 0 saturated carbocycles. The van der Waals surface area contributed by atoms with Crippen molar-refractivity contribution in [1.82, 2.24) is 14.5 Å². The molecule has 6 heteroatoms. The van der Waals surface area contributed by atoms with Gasteiger partial charge in [0, 0.05) is 41.2 Å². The number of hydrogen-bond donors (Lipinski definition) is 1. The molecule has 140 valence electrons. The van der Waals surface area contributed by atoms with E-state index in [1.54, 1.807) is 7.11 Å². The van der Waals surface area contributed by atoms with Crippen LogP contribution in [0.25, 0.3) is 22.6 Å². The van der Waals surface area contributed by atoms with E-state index < -0.39 is 0 Å². The van der Waals surface area contributed by atoms with Gasteiger partial charge >= 0.3 is 0 Å². The highest BCUT2D eigenvalue weighted by Gasteiger charge is 2.22. The first-order chi connectivity index (χ1) is 13.1. The molecule has 3 aromatic rings. The van der Waals surface area contributed by atoms with Crippen molar-refractivity contribution in [3.63, 3.8) is 0 Å². The van der Waals surface area contributed by atoms with Crippen molar-refractivity contribution >= 4 is 5.69 Å². The van der Waals surface area contributed by atoms with Gasteiger partial charge in [0.15, 0.2) is 0 Å². The van der Waals surface area contributed by atoms with Crippen molar-refractivity contribution in [3.05, 3.63) is 47.4 Å². The molecular formula is C21H24N4O2. The number of fused-ring (bicyclic) bond motifs is 1. The Morgan fingerprint density at radius 2 is 1.81 bits per heavy atom. The number of benzene rings is 1. The van der Waals surface area contributed by atoms with E-state index in [0.717, 1.165) is 47.0 Å². The summed E-state index contributed by atoms with van der Waals surface area (Å²) >= 11 is 0. The Morgan fingerprint density at radius 1 is 1.04 bits per heavy atom. The number of rotatable bonds is 3. The Morgan fingerprint density at radius 3 is 2.56 bits per heavy atom. The van der Waals surface area contributed by atoms with E-state index in [1.807, 2.05) is 32.0 Å². The van der Waals surface area contributed by atoms with E-state index in [-0.39, 0.29) is 0 Å². The first-order valence-electron chi connectivity index (χ1n) is 9.13. The lowest BCUT2D eigenvalue weighted by Gasteiger charge is -2.10. The van der Waals surface area contributed by atoms with Crippen LogP contribution in [-0.4, -0.2) is 34.9 Å². The fraction of sp³-hybridized carbons (Fsp3) is 0.333. The van der Waals surface area contributed by atoms with Gasteiger partial charge in [0.2, 0.25) is 0 Å². The van der Waals surface area contributed by atoms with Crippen LogP contribution >= 0.6 is 0 Å². The topological polar surface area (TPSA) is 75.2 Å². The molecule has 1 aliphatic rings. The molecule has 6 nitrogen and oxygen atoms in total. The minimum atomic E-state index is 0.618. The molecule has 3 heterocycles. The summed E-state index contributed by atoms with van der Waals surface area (Å²) in [7, 11) is 1.63. The number of anilines is 1. The van der Waals surface area contributed by atoms with Gasteiger partial charge in [-0.15, -0.1) is 0 Å². The number of nitrogen functional groups attached to an aromatic ring is 1. The van der Waals surface area contributed by atoms with Crippen molar-refractivity contribution in [1.29, 1.82) is 0 Å². The second kappa shape index (κ2) is 7.04. The largest absolute Gasteiger partial charge is 0.495 e. The maximum Gasteiger partial charge on any atom is 0.142 e. The molecule has 0 atom stereocenters. The highest BCUT2D eigenvalue weighted by atomic mass is 16.5. The van der Waals surface area contributed by atoms with Crippen molar-refractivity contribution < 1.29 is 9.47 Å². The smallest absolute Gasteiger partial charge is 0.142 e. The predicted octanol–water partition coefficient (Wildman–Crippen LogP) is 3.39. The molecule has 2 N–H and O–H groups in total. The highest BCUT2D eigenvalue weighted by Crippen LogP contribution is 2.34. The Hall–Kier alpha value is -2.86. The van der Waals surface area contributed by atoms with E-state index in [0.29, 0.717) is 24.7 Å². The van der Waals surface area contributed by atoms with Crippen LogP contribution in [0.3, 0.4) is 0 Å². The van der Waals surface area contributed by atoms with Crippen LogP contribution in [0, 0.1) is 13.8 Å². The number of aromatic nitrogens is 3. The molecule has 0 saturated heterocycles. The molecule has 0 unspecified atom stereocenters. The number of hydrogen-bond acceptors (Lipinski definition) is 5. The van der Waals surface area contributed by atoms with Crippen LogP contribution in [0.15, 0.2) is 30.3 Å². The molecule has 0 spiro atoms. The number of aryl methyl sites for hydroxylation is 2. The quantitative estimate of drug-likeness (QED) is 0.721. The van der Waals surface area contributed by atoms with Gasteiger partial charge < -0.3 is 19.8 Å². The summed E-state index contributed by atoms with van der Waals surface area (Å²) in [5, 5.41) is 0. The fourth-order valence-electron chi connectivity index (χ4n) is 3.68. The second-order valence-electron chi connectivity index (χ2n) is 6.84. The normalized spacial score (nSPS) is 13.9. The molecule has 4 rings (SSSR count). The molecule has 2 aromatic heterocycles. The average Bonchev–Trinajstić information content (AvgIpc) is 2.83. The Kier molecular flexibility index (Phi) is 4.58. The van der Waals surface area contributed by atoms with Gasteiger partial charge in [0.05, 0.1) is 31.7 Å². The van der Waals surface area contributed by atoms with Gasteiger partial charge in [0.1, 0.15) is 11.6 Å². The Balaban J connectivity index is 1.92. The predicted molar refractivity (Wildman–Crippen MR) is 106 cm³/mol. The third-order valence-corrected chi connectivity index (χ3v) is 4.86. The van der Waals surface area contributed by atoms with E-state index in [9.17, 15) is 0 Å². The lowest BCUT2D eigenvalue weighted by atomic mass is 10.1. The molecule has 0 radical (unpaired) electrons. The van der Waals surface area contributed by atoms with E-state index in [1.165, 1.54) is 5.69 Å². The third kappa shape index (κ3) is 3.28. The zero-order valence-corrected chi connectivity index (χ0v) is 16.0. The minimum Gasteiger partial charge on any atom is -0.495 e. The van der Waals surface area contributed by atoms with Crippen LogP contribution in [0.1, 0.15) is 17.1 Å². The number of pyridine rings is 1. The second-order valence-corrected chi connectivity index (χ2v) is 6.84. The molecular weight excluding hydrogens is 340 g/mol. The molecule has 1 aromatic carbocycles. The molecule has 1 aliphatic heterocycles. The molecule has 0 aliphatic carbocycles. The van der Waals surface area contributed by atoms with Gasteiger partial charge in [-0.05, 0) is 44.2 Å². The van der Waals surface area contributed by atoms with Crippen LogP contribution in [0.2, 0.25) is 0 Å². The first kappa shape index (κ1) is 17.5. The first-order valence-corrected chi connectivity index (χ1v) is 9.13. The molecule has 0 bridgehead atoms. The monoisotopic (exact) mass is 364 g/mol. The molecule has 0 fully saturated rings. The van der Waals surface area contributed by atoms with E-state index >= 15 is 0 Å². The standard InChI is InChI=1S/C21H24N4O2/c1-13-10-16(11-14(2)23-13)20-18-6-8-27-9-7-25(18)21(24-20)15-4-5-17(22)19(12-15)26-3/h4-5,10-12H,6-9,22H2,1-3H3. The zero-order chi connectivity index (χ0) is 19.0. The van der Waals surface area contributed by atoms with Crippen LogP contribution in [0.4, 0.5) is 5.69 Å². The summed E-state index contributed by atoms with van der Waals surface area (Å²) in [6.07, 6.45) is 0.828. The highest BCUT2D eigenvalue weighted by molar-refractivity contribution is 5.71. The fourth-order valence-corrected chi connectivity index (χ4v) is 3.68. The summed E-state index contributed by atoms with van der Waals surface area (Å²) in [5.74, 6) is 1.57. The molecule has 27 heavy (non-hydrogen) atoms. The number of imidazole rings is 1. The van der Waals surface area contributed by atoms with Gasteiger partial charge in [-0.1, -0.05) is 0 Å². The van der Waals surface area contributed by atoms with Gasteiger partial charge in [-0.25, -0.2) is 4.98 Å². The number of nitrogens with two attached hydrogens (primary N) is 1. The average molecular weight is 364 g/mol. The van der Waals surface area contributed by atoms with Gasteiger partial charge in [-0.2, -0.15) is 0 Å². The summed E-state index contributed by atoms with van der Waals surface area (Å²) < 4.78 is 13.4. The summed E-state index contributed by atoms with van der Waals surface area (Å²) in [6, 6.07) is 9.99. The zero-order valence-electron chi connectivity index (χ0n) is 16.0. The number of ether oxygens (including phenoxy) is 2. The maximum atomic E-state index is 5.99. The Labute approximate surface area is 159 Å².